The molecule has 0 unspecified atom stereocenters. The summed E-state index contributed by atoms with van der Waals surface area (Å²) < 4.78 is 33.6. The fourth-order valence-electron chi connectivity index (χ4n) is 4.21. The summed E-state index contributed by atoms with van der Waals surface area (Å²) in [5.74, 6) is 0.418. The molecule has 0 bridgehead atoms. The fraction of sp³-hybridized carbons (Fsp3) is 0.500. The largest absolute Gasteiger partial charge is 0.495 e. The summed E-state index contributed by atoms with van der Waals surface area (Å²) in [4.78, 5) is 13.0. The van der Waals surface area contributed by atoms with E-state index in [1.165, 1.54) is 17.0 Å². The van der Waals surface area contributed by atoms with E-state index >= 15 is 0 Å². The number of rotatable bonds is 9. The Bertz CT molecular complexity index is 1030. The number of carbonyl (C=O) groups excluding carboxylic acids is 1. The Morgan fingerprint density at radius 3 is 2.36 bits per heavy atom. The molecule has 0 spiro atoms. The maximum Gasteiger partial charge on any atom is 0.246 e. The van der Waals surface area contributed by atoms with Gasteiger partial charge < -0.3 is 10.1 Å². The lowest BCUT2D eigenvalue weighted by molar-refractivity contribution is -0.126. The van der Waals surface area contributed by atoms with Crippen molar-refractivity contribution in [1.82, 2.24) is 9.62 Å². The van der Waals surface area contributed by atoms with Crippen LogP contribution in [0.2, 0.25) is 0 Å². The van der Waals surface area contributed by atoms with Gasteiger partial charge in [0, 0.05) is 25.0 Å². The fourth-order valence-corrected chi connectivity index (χ4v) is 5.87. The minimum Gasteiger partial charge on any atom is -0.495 e. The van der Waals surface area contributed by atoms with Gasteiger partial charge >= 0.3 is 0 Å². The number of hydrogen-bond donors (Lipinski definition) is 1. The topological polar surface area (TPSA) is 75.7 Å². The van der Waals surface area contributed by atoms with Gasteiger partial charge in [0.25, 0.3) is 0 Å². The molecule has 1 fully saturated rings. The number of nitrogens with one attached hydrogen (secondary N) is 1. The molecule has 6 nitrogen and oxygen atoms in total. The first kappa shape index (κ1) is 25.2. The van der Waals surface area contributed by atoms with Crippen LogP contribution in [-0.2, 0) is 21.2 Å². The van der Waals surface area contributed by atoms with Gasteiger partial charge in [0.1, 0.15) is 10.6 Å². The zero-order valence-electron chi connectivity index (χ0n) is 20.1. The summed E-state index contributed by atoms with van der Waals surface area (Å²) >= 11 is 0. The summed E-state index contributed by atoms with van der Waals surface area (Å²) in [6.45, 7) is 6.74. The third-order valence-corrected chi connectivity index (χ3v) is 8.31. The standard InChI is InChI=1S/C26H36N2O4S/c1-19(2)23-12-13-24(32-4)25(18-23)33(30,31)28-16-14-22(15-17-28)26(29)27-20(3)10-11-21-8-6-5-7-9-21/h5-9,12-13,18-20,22H,10-11,14-17H2,1-4H3,(H,27,29)/t20-/m0/s1. The van der Waals surface area contributed by atoms with E-state index in [2.05, 4.69) is 17.4 Å². The molecule has 0 aromatic heterocycles. The Hall–Kier alpha value is -2.38. The van der Waals surface area contributed by atoms with Gasteiger partial charge in [-0.25, -0.2) is 8.42 Å². The van der Waals surface area contributed by atoms with Crippen LogP contribution in [0, 0.1) is 5.92 Å². The monoisotopic (exact) mass is 472 g/mol. The number of piperidine rings is 1. The van der Waals surface area contributed by atoms with Crippen molar-refractivity contribution in [2.24, 2.45) is 5.92 Å². The average Bonchev–Trinajstić information content (AvgIpc) is 2.83. The number of nitrogens with zero attached hydrogens (tertiary/aromatic N) is 1. The van der Waals surface area contributed by atoms with Crippen LogP contribution in [0.15, 0.2) is 53.4 Å². The molecule has 1 atom stereocenters. The Morgan fingerprint density at radius 1 is 1.09 bits per heavy atom. The number of benzene rings is 2. The van der Waals surface area contributed by atoms with E-state index in [0.717, 1.165) is 18.4 Å². The molecule has 0 radical (unpaired) electrons. The molecule has 180 valence electrons. The molecular formula is C26H36N2O4S. The molecular weight excluding hydrogens is 436 g/mol. The minimum atomic E-state index is -3.70. The Morgan fingerprint density at radius 2 is 1.76 bits per heavy atom. The van der Waals surface area contributed by atoms with Gasteiger partial charge in [-0.15, -0.1) is 0 Å². The second-order valence-electron chi connectivity index (χ2n) is 9.18. The summed E-state index contributed by atoms with van der Waals surface area (Å²) in [6, 6.07) is 15.6. The van der Waals surface area contributed by atoms with E-state index in [9.17, 15) is 13.2 Å². The lowest BCUT2D eigenvalue weighted by atomic mass is 9.96. The highest BCUT2D eigenvalue weighted by Crippen LogP contribution is 2.32. The third-order valence-electron chi connectivity index (χ3n) is 6.39. The van der Waals surface area contributed by atoms with Crippen LogP contribution in [0.4, 0.5) is 0 Å². The van der Waals surface area contributed by atoms with Gasteiger partial charge in [-0.2, -0.15) is 4.31 Å². The van der Waals surface area contributed by atoms with Crippen LogP contribution >= 0.6 is 0 Å². The molecule has 2 aromatic carbocycles. The molecule has 0 aliphatic carbocycles. The van der Waals surface area contributed by atoms with Crippen molar-refractivity contribution >= 4 is 15.9 Å². The summed E-state index contributed by atoms with van der Waals surface area (Å²) in [5.41, 5.74) is 2.21. The zero-order chi connectivity index (χ0) is 24.0. The van der Waals surface area contributed by atoms with Gasteiger partial charge in [0.15, 0.2) is 0 Å². The van der Waals surface area contributed by atoms with E-state index in [0.29, 0.717) is 31.7 Å². The second-order valence-corrected chi connectivity index (χ2v) is 11.1. The zero-order valence-corrected chi connectivity index (χ0v) is 20.9. The summed E-state index contributed by atoms with van der Waals surface area (Å²) in [6.07, 6.45) is 2.82. The van der Waals surface area contributed by atoms with Crippen molar-refractivity contribution in [3.05, 3.63) is 59.7 Å². The normalized spacial score (nSPS) is 16.5. The van der Waals surface area contributed by atoms with Crippen molar-refractivity contribution in [1.29, 1.82) is 0 Å². The third kappa shape index (κ3) is 6.36. The number of hydrogen-bond acceptors (Lipinski definition) is 4. The molecule has 2 aromatic rings. The molecule has 1 heterocycles. The number of methoxy groups -OCH3 is 1. The van der Waals surface area contributed by atoms with Gasteiger partial charge in [0.05, 0.1) is 7.11 Å². The molecule has 1 aliphatic rings. The highest BCUT2D eigenvalue weighted by Gasteiger charge is 2.34. The predicted octanol–water partition coefficient (Wildman–Crippen LogP) is 4.36. The molecule has 1 amide bonds. The van der Waals surface area contributed by atoms with Crippen LogP contribution in [0.5, 0.6) is 5.75 Å². The van der Waals surface area contributed by atoms with E-state index in [4.69, 9.17) is 4.74 Å². The van der Waals surface area contributed by atoms with E-state index in [1.807, 2.05) is 45.0 Å². The van der Waals surface area contributed by atoms with Gasteiger partial charge in [-0.05, 0) is 61.8 Å². The summed E-state index contributed by atoms with van der Waals surface area (Å²) in [5, 5.41) is 3.12. The molecule has 7 heteroatoms. The van der Waals surface area contributed by atoms with Gasteiger partial charge in [-0.3, -0.25) is 4.79 Å². The lowest BCUT2D eigenvalue weighted by Crippen LogP contribution is -2.44. The number of amides is 1. The van der Waals surface area contributed by atoms with Crippen LogP contribution in [0.25, 0.3) is 0 Å². The Labute approximate surface area is 198 Å². The number of carbonyl (C=O) groups is 1. The van der Waals surface area contributed by atoms with Crippen molar-refractivity contribution in [3.63, 3.8) is 0 Å². The van der Waals surface area contributed by atoms with Gasteiger partial charge in [-0.1, -0.05) is 50.2 Å². The van der Waals surface area contributed by atoms with Crippen LogP contribution in [-0.4, -0.2) is 44.9 Å². The molecule has 33 heavy (non-hydrogen) atoms. The first-order chi connectivity index (χ1) is 15.7. The van der Waals surface area contributed by atoms with Crippen molar-refractivity contribution in [2.75, 3.05) is 20.2 Å². The number of sulfonamides is 1. The smallest absolute Gasteiger partial charge is 0.246 e. The van der Waals surface area contributed by atoms with Gasteiger partial charge in [0.2, 0.25) is 15.9 Å². The summed E-state index contributed by atoms with van der Waals surface area (Å²) in [7, 11) is -2.21. The van der Waals surface area contributed by atoms with Crippen molar-refractivity contribution in [2.45, 2.75) is 63.3 Å². The highest BCUT2D eigenvalue weighted by molar-refractivity contribution is 7.89. The van der Waals surface area contributed by atoms with Crippen molar-refractivity contribution in [3.8, 4) is 5.75 Å². The van der Waals surface area contributed by atoms with E-state index in [1.54, 1.807) is 12.1 Å². The first-order valence-electron chi connectivity index (χ1n) is 11.7. The Balaban J connectivity index is 1.57. The van der Waals surface area contributed by atoms with Crippen molar-refractivity contribution < 1.29 is 17.9 Å². The maximum atomic E-state index is 13.4. The molecule has 1 N–H and O–H groups in total. The maximum absolute atomic E-state index is 13.4. The minimum absolute atomic E-state index is 0.0204. The SMILES string of the molecule is COc1ccc(C(C)C)cc1S(=O)(=O)N1CCC(C(=O)N[C@@H](C)CCc2ccccc2)CC1. The van der Waals surface area contributed by atoms with Crippen LogP contribution < -0.4 is 10.1 Å². The second kappa shape index (κ2) is 11.2. The Kier molecular flexibility index (Phi) is 8.54. The van der Waals surface area contributed by atoms with E-state index in [-0.39, 0.29) is 28.7 Å². The van der Waals surface area contributed by atoms with Crippen LogP contribution in [0.1, 0.15) is 57.1 Å². The molecule has 0 saturated carbocycles. The predicted molar refractivity (Wildman–Crippen MR) is 131 cm³/mol. The number of aryl methyl sites for hydroxylation is 1. The first-order valence-corrected chi connectivity index (χ1v) is 13.2. The average molecular weight is 473 g/mol. The molecule has 1 aliphatic heterocycles. The molecule has 3 rings (SSSR count). The lowest BCUT2D eigenvalue weighted by Gasteiger charge is -2.31. The van der Waals surface area contributed by atoms with Crippen LogP contribution in [0.3, 0.4) is 0 Å². The molecule has 1 saturated heterocycles. The highest BCUT2D eigenvalue weighted by atomic mass is 32.2. The van der Waals surface area contributed by atoms with E-state index < -0.39 is 10.0 Å². The number of ether oxygens (including phenoxy) is 1. The quantitative estimate of drug-likeness (QED) is 0.588.